The van der Waals surface area contributed by atoms with Crippen molar-refractivity contribution in [2.24, 2.45) is 0 Å². The fourth-order valence-corrected chi connectivity index (χ4v) is 2.18. The van der Waals surface area contributed by atoms with E-state index in [0.29, 0.717) is 16.3 Å². The predicted molar refractivity (Wildman–Crippen MR) is 81.6 cm³/mol. The predicted octanol–water partition coefficient (Wildman–Crippen LogP) is 2.88. The summed E-state index contributed by atoms with van der Waals surface area (Å²) < 4.78 is 26.1. The molecule has 2 aromatic carbocycles. The highest BCUT2D eigenvalue weighted by molar-refractivity contribution is 6.30. The van der Waals surface area contributed by atoms with E-state index in [4.69, 9.17) is 11.6 Å². The number of anilines is 1. The second-order valence-electron chi connectivity index (χ2n) is 4.96. The van der Waals surface area contributed by atoms with Crippen molar-refractivity contribution in [2.75, 3.05) is 11.9 Å². The van der Waals surface area contributed by atoms with Gasteiger partial charge in [-0.1, -0.05) is 17.7 Å². The smallest absolute Gasteiger partial charge is 0.279 e. The number of amides is 1. The number of halogens is 3. The molecule has 2 rings (SSSR count). The van der Waals surface area contributed by atoms with Crippen LogP contribution >= 0.6 is 11.6 Å². The Morgan fingerprint density at radius 3 is 2.68 bits per heavy atom. The van der Waals surface area contributed by atoms with E-state index in [1.807, 2.05) is 6.92 Å². The van der Waals surface area contributed by atoms with Crippen LogP contribution in [-0.4, -0.2) is 12.5 Å². The van der Waals surface area contributed by atoms with Gasteiger partial charge in [0.25, 0.3) is 5.91 Å². The number of rotatable bonds is 5. The van der Waals surface area contributed by atoms with Crippen molar-refractivity contribution in [3.05, 3.63) is 64.7 Å². The Bertz CT molecular complexity index is 679. The lowest BCUT2D eigenvalue weighted by molar-refractivity contribution is -0.682. The number of carbonyl (C=O) groups is 1. The van der Waals surface area contributed by atoms with Gasteiger partial charge in [0.1, 0.15) is 6.04 Å². The van der Waals surface area contributed by atoms with Crippen molar-refractivity contribution in [1.82, 2.24) is 0 Å². The lowest BCUT2D eigenvalue weighted by Crippen LogP contribution is -2.86. The highest BCUT2D eigenvalue weighted by Crippen LogP contribution is 2.15. The van der Waals surface area contributed by atoms with Crippen LogP contribution in [0, 0.1) is 11.6 Å². The highest BCUT2D eigenvalue weighted by Gasteiger charge is 2.14. The van der Waals surface area contributed by atoms with E-state index in [1.54, 1.807) is 29.6 Å². The first kappa shape index (κ1) is 16.4. The summed E-state index contributed by atoms with van der Waals surface area (Å²) in [6.07, 6.45) is 0. The number of hydrogen-bond acceptors (Lipinski definition) is 1. The quantitative estimate of drug-likeness (QED) is 0.872. The van der Waals surface area contributed by atoms with E-state index in [-0.39, 0.29) is 18.5 Å². The first-order valence-corrected chi connectivity index (χ1v) is 7.17. The largest absolute Gasteiger partial charge is 0.333 e. The molecule has 1 atom stereocenters. The molecule has 0 aliphatic carbocycles. The van der Waals surface area contributed by atoms with Crippen molar-refractivity contribution >= 4 is 23.2 Å². The van der Waals surface area contributed by atoms with E-state index in [2.05, 4.69) is 5.32 Å². The van der Waals surface area contributed by atoms with E-state index in [1.165, 1.54) is 6.07 Å². The average Bonchev–Trinajstić information content (AvgIpc) is 2.47. The van der Waals surface area contributed by atoms with Crippen LogP contribution in [0.15, 0.2) is 42.5 Å². The zero-order chi connectivity index (χ0) is 16.1. The second-order valence-corrected chi connectivity index (χ2v) is 5.40. The summed E-state index contributed by atoms with van der Waals surface area (Å²) in [5.74, 6) is -1.97. The molecule has 6 heteroatoms. The lowest BCUT2D eigenvalue weighted by atomic mass is 10.1. The third-order valence-electron chi connectivity index (χ3n) is 3.23. The Hall–Kier alpha value is -1.98. The number of nitrogens with one attached hydrogen (secondary N) is 1. The van der Waals surface area contributed by atoms with Crippen LogP contribution in [0.5, 0.6) is 0 Å². The molecule has 2 aromatic rings. The third-order valence-corrected chi connectivity index (χ3v) is 3.47. The zero-order valence-corrected chi connectivity index (χ0v) is 12.7. The molecule has 0 saturated carbocycles. The topological polar surface area (TPSA) is 45.7 Å². The fraction of sp³-hybridized carbons (Fsp3) is 0.188. The lowest BCUT2D eigenvalue weighted by Gasteiger charge is -2.11. The van der Waals surface area contributed by atoms with Crippen LogP contribution in [0.25, 0.3) is 0 Å². The zero-order valence-electron chi connectivity index (χ0n) is 11.9. The van der Waals surface area contributed by atoms with Gasteiger partial charge in [0, 0.05) is 16.3 Å². The molecular formula is C16H16ClF2N2O+. The number of carbonyl (C=O) groups excluding carboxylic acids is 1. The van der Waals surface area contributed by atoms with Gasteiger partial charge in [-0.25, -0.2) is 8.78 Å². The maximum atomic E-state index is 13.2. The van der Waals surface area contributed by atoms with Crippen LogP contribution in [0.4, 0.5) is 14.5 Å². The second kappa shape index (κ2) is 7.33. The molecule has 22 heavy (non-hydrogen) atoms. The molecule has 0 radical (unpaired) electrons. The Balaban J connectivity index is 1.88. The summed E-state index contributed by atoms with van der Waals surface area (Å²) in [6.45, 7) is 1.98. The average molecular weight is 326 g/mol. The molecule has 0 spiro atoms. The van der Waals surface area contributed by atoms with Gasteiger partial charge < -0.3 is 10.6 Å². The third kappa shape index (κ3) is 4.51. The normalized spacial score (nSPS) is 12.0. The minimum atomic E-state index is -0.888. The number of benzene rings is 2. The number of nitrogens with two attached hydrogens (primary N) is 1. The van der Waals surface area contributed by atoms with Crippen molar-refractivity contribution in [3.63, 3.8) is 0 Å². The molecule has 0 fully saturated rings. The van der Waals surface area contributed by atoms with Gasteiger partial charge in [0.2, 0.25) is 0 Å². The molecular weight excluding hydrogens is 310 g/mol. The minimum Gasteiger partial charge on any atom is -0.333 e. The molecule has 0 aliphatic heterocycles. The summed E-state index contributed by atoms with van der Waals surface area (Å²) in [5.41, 5.74) is 1.24. The molecule has 0 aliphatic rings. The van der Waals surface area contributed by atoms with Gasteiger partial charge >= 0.3 is 0 Å². The molecule has 1 amide bonds. The van der Waals surface area contributed by atoms with Gasteiger partial charge in [0.15, 0.2) is 18.2 Å². The molecule has 0 bridgehead atoms. The van der Waals surface area contributed by atoms with Crippen molar-refractivity contribution in [3.8, 4) is 0 Å². The Morgan fingerprint density at radius 1 is 1.23 bits per heavy atom. The first-order chi connectivity index (χ1) is 10.5. The summed E-state index contributed by atoms with van der Waals surface area (Å²) in [6, 6.07) is 10.4. The number of quaternary nitrogens is 1. The minimum absolute atomic E-state index is 0.159. The fourth-order valence-electron chi connectivity index (χ4n) is 1.99. The van der Waals surface area contributed by atoms with Gasteiger partial charge in [0.05, 0.1) is 0 Å². The molecule has 3 N–H and O–H groups in total. The summed E-state index contributed by atoms with van der Waals surface area (Å²) in [5, 5.41) is 5.00. The SMILES string of the molecule is C[C@@H]([NH2+]CC(=O)Nc1cccc(Cl)c1)c1ccc(F)c(F)c1. The highest BCUT2D eigenvalue weighted by atomic mass is 35.5. The molecule has 116 valence electrons. The number of hydrogen-bond donors (Lipinski definition) is 2. The van der Waals surface area contributed by atoms with Gasteiger partial charge in [-0.2, -0.15) is 0 Å². The first-order valence-electron chi connectivity index (χ1n) is 6.79. The van der Waals surface area contributed by atoms with Crippen molar-refractivity contribution in [1.29, 1.82) is 0 Å². The molecule has 0 saturated heterocycles. The van der Waals surface area contributed by atoms with E-state index < -0.39 is 11.6 Å². The van der Waals surface area contributed by atoms with Gasteiger partial charge in [-0.05, 0) is 43.3 Å². The van der Waals surface area contributed by atoms with E-state index >= 15 is 0 Å². The summed E-state index contributed by atoms with van der Waals surface area (Å²) in [4.78, 5) is 11.9. The van der Waals surface area contributed by atoms with E-state index in [9.17, 15) is 13.6 Å². The molecule has 3 nitrogen and oxygen atoms in total. The van der Waals surface area contributed by atoms with Crippen LogP contribution < -0.4 is 10.6 Å². The summed E-state index contributed by atoms with van der Waals surface area (Å²) in [7, 11) is 0. The van der Waals surface area contributed by atoms with E-state index in [0.717, 1.165) is 12.1 Å². The van der Waals surface area contributed by atoms with Crippen LogP contribution in [0.1, 0.15) is 18.5 Å². The Morgan fingerprint density at radius 2 is 2.00 bits per heavy atom. The van der Waals surface area contributed by atoms with Gasteiger partial charge in [-0.3, -0.25) is 4.79 Å². The van der Waals surface area contributed by atoms with Crippen molar-refractivity contribution < 1.29 is 18.9 Å². The monoisotopic (exact) mass is 325 g/mol. The molecule has 0 heterocycles. The maximum Gasteiger partial charge on any atom is 0.279 e. The molecule has 0 aromatic heterocycles. The Kier molecular flexibility index (Phi) is 5.46. The van der Waals surface area contributed by atoms with Crippen molar-refractivity contribution in [2.45, 2.75) is 13.0 Å². The Labute approximate surface area is 132 Å². The summed E-state index contributed by atoms with van der Waals surface area (Å²) >= 11 is 5.84. The molecule has 0 unspecified atom stereocenters. The van der Waals surface area contributed by atoms with Gasteiger partial charge in [-0.15, -0.1) is 0 Å². The standard InChI is InChI=1S/C16H15ClF2N2O/c1-10(11-5-6-14(18)15(19)7-11)20-9-16(22)21-13-4-2-3-12(17)8-13/h2-8,10,20H,9H2,1H3,(H,21,22)/p+1/t10-/m1/s1. The van der Waals surface area contributed by atoms with Crippen LogP contribution in [0.3, 0.4) is 0 Å². The van der Waals surface area contributed by atoms with Crippen LogP contribution in [-0.2, 0) is 4.79 Å². The maximum absolute atomic E-state index is 13.2. The van der Waals surface area contributed by atoms with Crippen LogP contribution in [0.2, 0.25) is 5.02 Å².